The molecule has 2 aliphatic heterocycles. The summed E-state index contributed by atoms with van der Waals surface area (Å²) in [4.78, 5) is 43.7. The van der Waals surface area contributed by atoms with Crippen LogP contribution >= 0.6 is 11.3 Å². The highest BCUT2D eigenvalue weighted by Crippen LogP contribution is 2.41. The number of nitrogens with zero attached hydrogens (tertiary/aromatic N) is 2. The Bertz CT molecular complexity index is 1220. The SMILES string of the molecule is Cc1c(-c2ccccc2)sc(NC(=O)[C@H]2CC(=O)N(Cc3ccco3)C2)c1C(=O)N1CCOCC1. The van der Waals surface area contributed by atoms with Gasteiger partial charge in [-0.15, -0.1) is 11.3 Å². The number of amides is 3. The number of carbonyl (C=O) groups excluding carboxylic acids is 3. The Morgan fingerprint density at radius 3 is 2.60 bits per heavy atom. The van der Waals surface area contributed by atoms with Crippen molar-refractivity contribution in [1.82, 2.24) is 9.80 Å². The van der Waals surface area contributed by atoms with E-state index >= 15 is 0 Å². The summed E-state index contributed by atoms with van der Waals surface area (Å²) in [7, 11) is 0. The zero-order valence-corrected chi connectivity index (χ0v) is 20.3. The van der Waals surface area contributed by atoms with Crippen molar-refractivity contribution in [2.75, 3.05) is 38.2 Å². The molecule has 8 nitrogen and oxygen atoms in total. The number of ether oxygens (including phenoxy) is 1. The predicted molar refractivity (Wildman–Crippen MR) is 132 cm³/mol. The van der Waals surface area contributed by atoms with Crippen LogP contribution in [0.1, 0.15) is 28.1 Å². The molecule has 3 aromatic rings. The van der Waals surface area contributed by atoms with Crippen molar-refractivity contribution in [1.29, 1.82) is 0 Å². The Hall–Kier alpha value is -3.43. The topological polar surface area (TPSA) is 92.1 Å². The van der Waals surface area contributed by atoms with Crippen molar-refractivity contribution < 1.29 is 23.5 Å². The van der Waals surface area contributed by atoms with Gasteiger partial charge in [-0.1, -0.05) is 30.3 Å². The van der Waals surface area contributed by atoms with Gasteiger partial charge in [0, 0.05) is 30.9 Å². The van der Waals surface area contributed by atoms with Crippen molar-refractivity contribution >= 4 is 34.1 Å². The second-order valence-corrected chi connectivity index (χ2v) is 9.80. The summed E-state index contributed by atoms with van der Waals surface area (Å²) in [6.45, 7) is 4.60. The van der Waals surface area contributed by atoms with E-state index in [2.05, 4.69) is 5.32 Å². The van der Waals surface area contributed by atoms with Crippen LogP contribution in [0.2, 0.25) is 0 Å². The van der Waals surface area contributed by atoms with Crippen molar-refractivity contribution in [2.24, 2.45) is 5.92 Å². The van der Waals surface area contributed by atoms with Gasteiger partial charge in [-0.25, -0.2) is 0 Å². The maximum absolute atomic E-state index is 13.5. The average molecular weight is 494 g/mol. The number of hydrogen-bond donors (Lipinski definition) is 1. The minimum atomic E-state index is -0.494. The molecule has 0 bridgehead atoms. The summed E-state index contributed by atoms with van der Waals surface area (Å²) in [6.07, 6.45) is 1.70. The molecule has 2 fully saturated rings. The molecule has 35 heavy (non-hydrogen) atoms. The summed E-state index contributed by atoms with van der Waals surface area (Å²) in [6, 6.07) is 13.4. The molecule has 9 heteroatoms. The van der Waals surface area contributed by atoms with E-state index in [9.17, 15) is 14.4 Å². The molecule has 2 aliphatic rings. The third-order valence-electron chi connectivity index (χ3n) is 6.44. The number of benzene rings is 1. The minimum Gasteiger partial charge on any atom is -0.467 e. The Morgan fingerprint density at radius 1 is 1.11 bits per heavy atom. The molecule has 2 aromatic heterocycles. The maximum atomic E-state index is 13.5. The van der Waals surface area contributed by atoms with E-state index in [-0.39, 0.29) is 24.1 Å². The average Bonchev–Trinajstić information content (AvgIpc) is 3.60. The van der Waals surface area contributed by atoms with Gasteiger partial charge in [0.15, 0.2) is 0 Å². The van der Waals surface area contributed by atoms with Gasteiger partial charge in [-0.2, -0.15) is 0 Å². The molecule has 1 N–H and O–H groups in total. The number of thiophene rings is 1. The van der Waals surface area contributed by atoms with Crippen LogP contribution in [-0.2, 0) is 20.9 Å². The highest BCUT2D eigenvalue weighted by atomic mass is 32.1. The fourth-order valence-corrected chi connectivity index (χ4v) is 5.76. The van der Waals surface area contributed by atoms with Crippen LogP contribution < -0.4 is 5.32 Å². The molecule has 5 rings (SSSR count). The van der Waals surface area contributed by atoms with Gasteiger partial charge in [0.1, 0.15) is 10.8 Å². The fraction of sp³-hybridized carbons (Fsp3) is 0.346. The lowest BCUT2D eigenvalue weighted by Gasteiger charge is -2.27. The van der Waals surface area contributed by atoms with E-state index in [0.29, 0.717) is 55.7 Å². The summed E-state index contributed by atoms with van der Waals surface area (Å²) >= 11 is 1.40. The van der Waals surface area contributed by atoms with Crippen LogP contribution in [0.25, 0.3) is 10.4 Å². The molecule has 2 saturated heterocycles. The molecule has 1 aromatic carbocycles. The fourth-order valence-electron chi connectivity index (χ4n) is 4.55. The summed E-state index contributed by atoms with van der Waals surface area (Å²) < 4.78 is 10.8. The molecule has 1 atom stereocenters. The minimum absolute atomic E-state index is 0.0847. The number of nitrogens with one attached hydrogen (secondary N) is 1. The van der Waals surface area contributed by atoms with Crippen molar-refractivity contribution in [3.05, 3.63) is 65.6 Å². The lowest BCUT2D eigenvalue weighted by Crippen LogP contribution is -2.41. The van der Waals surface area contributed by atoms with Crippen LogP contribution in [0.15, 0.2) is 53.1 Å². The van der Waals surface area contributed by atoms with Crippen LogP contribution in [0, 0.1) is 12.8 Å². The number of carbonyl (C=O) groups is 3. The predicted octanol–water partition coefficient (Wildman–Crippen LogP) is 3.78. The van der Waals surface area contributed by atoms with Crippen LogP contribution in [0.3, 0.4) is 0 Å². The molecule has 0 spiro atoms. The second-order valence-electron chi connectivity index (χ2n) is 8.77. The zero-order chi connectivity index (χ0) is 24.4. The van der Waals surface area contributed by atoms with Gasteiger partial charge in [-0.3, -0.25) is 14.4 Å². The van der Waals surface area contributed by atoms with E-state index in [1.54, 1.807) is 22.1 Å². The standard InChI is InChI=1S/C26H27N3O5S/c1-17-22(26(32)28-9-12-33-13-10-28)25(35-23(17)18-6-3-2-4-7-18)27-24(31)19-14-21(30)29(15-19)16-20-8-5-11-34-20/h2-8,11,19H,9-10,12-16H2,1H3,(H,27,31)/t19-/m0/s1. The molecule has 0 unspecified atom stereocenters. The normalized spacial score (nSPS) is 18.2. The molecule has 0 aliphatic carbocycles. The van der Waals surface area contributed by atoms with Crippen LogP contribution in [-0.4, -0.2) is 60.4 Å². The van der Waals surface area contributed by atoms with Crippen LogP contribution in [0.4, 0.5) is 5.00 Å². The number of rotatable bonds is 6. The van der Waals surface area contributed by atoms with Crippen LogP contribution in [0.5, 0.6) is 0 Å². The third-order valence-corrected chi connectivity index (χ3v) is 7.70. The largest absolute Gasteiger partial charge is 0.467 e. The summed E-state index contributed by atoms with van der Waals surface area (Å²) in [5.74, 6) is -0.261. The summed E-state index contributed by atoms with van der Waals surface area (Å²) in [5, 5.41) is 3.53. The Morgan fingerprint density at radius 2 is 1.89 bits per heavy atom. The van der Waals surface area contributed by atoms with Gasteiger partial charge in [0.2, 0.25) is 11.8 Å². The number of hydrogen-bond acceptors (Lipinski definition) is 6. The van der Waals surface area contributed by atoms with Gasteiger partial charge in [-0.05, 0) is 30.2 Å². The highest BCUT2D eigenvalue weighted by Gasteiger charge is 2.36. The van der Waals surface area contributed by atoms with E-state index in [1.807, 2.05) is 43.3 Å². The van der Waals surface area contributed by atoms with E-state index in [0.717, 1.165) is 16.0 Å². The molecule has 0 radical (unpaired) electrons. The highest BCUT2D eigenvalue weighted by molar-refractivity contribution is 7.20. The zero-order valence-electron chi connectivity index (χ0n) is 19.5. The summed E-state index contributed by atoms with van der Waals surface area (Å²) in [5.41, 5.74) is 2.35. The maximum Gasteiger partial charge on any atom is 0.257 e. The first-order valence-corrected chi connectivity index (χ1v) is 12.5. The van der Waals surface area contributed by atoms with Gasteiger partial charge >= 0.3 is 0 Å². The monoisotopic (exact) mass is 493 g/mol. The van der Waals surface area contributed by atoms with Crippen molar-refractivity contribution in [3.8, 4) is 10.4 Å². The van der Waals surface area contributed by atoms with E-state index in [4.69, 9.17) is 9.15 Å². The van der Waals surface area contributed by atoms with Crippen molar-refractivity contribution in [2.45, 2.75) is 19.9 Å². The first kappa shape index (κ1) is 23.3. The van der Waals surface area contributed by atoms with Gasteiger partial charge in [0.05, 0.1) is 37.5 Å². The quantitative estimate of drug-likeness (QED) is 0.564. The Kier molecular flexibility index (Phi) is 6.70. The number of furan rings is 1. The molecular weight excluding hydrogens is 466 g/mol. The lowest BCUT2D eigenvalue weighted by molar-refractivity contribution is -0.128. The molecule has 0 saturated carbocycles. The van der Waals surface area contributed by atoms with E-state index < -0.39 is 5.92 Å². The number of morpholine rings is 1. The van der Waals surface area contributed by atoms with Gasteiger partial charge in [0.25, 0.3) is 5.91 Å². The molecule has 182 valence electrons. The molecular formula is C26H27N3O5S. The number of likely N-dealkylation sites (tertiary alicyclic amines) is 1. The second kappa shape index (κ2) is 10.1. The number of anilines is 1. The molecule has 3 amide bonds. The third kappa shape index (κ3) is 4.87. The lowest BCUT2D eigenvalue weighted by atomic mass is 10.0. The first-order valence-electron chi connectivity index (χ1n) is 11.7. The van der Waals surface area contributed by atoms with Crippen molar-refractivity contribution in [3.63, 3.8) is 0 Å². The smallest absolute Gasteiger partial charge is 0.257 e. The van der Waals surface area contributed by atoms with Gasteiger partial charge < -0.3 is 24.3 Å². The van der Waals surface area contributed by atoms with E-state index in [1.165, 1.54) is 11.3 Å². The Labute approximate surface area is 207 Å². The molecule has 4 heterocycles. The first-order chi connectivity index (χ1) is 17.0. The Balaban J connectivity index is 1.39.